The summed E-state index contributed by atoms with van der Waals surface area (Å²) in [6, 6.07) is 1.09. The minimum atomic E-state index is -0.971. The van der Waals surface area contributed by atoms with Crippen LogP contribution in [0.3, 0.4) is 0 Å². The number of carbonyl (C=O) groups excluding carboxylic acids is 3. The van der Waals surface area contributed by atoms with E-state index in [1.54, 1.807) is 0 Å². The molecule has 1 heterocycles. The Kier molecular flexibility index (Phi) is 6.57. The molecule has 8 heteroatoms. The van der Waals surface area contributed by atoms with Crippen LogP contribution in [0.1, 0.15) is 62.2 Å². The summed E-state index contributed by atoms with van der Waals surface area (Å²) in [7, 11) is 1.20. The molecule has 0 radical (unpaired) electrons. The summed E-state index contributed by atoms with van der Waals surface area (Å²) in [5.41, 5.74) is 0.328. The van der Waals surface area contributed by atoms with Crippen LogP contribution in [0, 0.1) is 5.82 Å². The first-order valence-corrected chi connectivity index (χ1v) is 10.1. The monoisotopic (exact) mass is 423 g/mol. The zero-order valence-electron chi connectivity index (χ0n) is 16.5. The Labute approximate surface area is 173 Å². The number of benzene rings is 1. The second-order valence-electron chi connectivity index (χ2n) is 7.06. The number of rotatable bonds is 7. The van der Waals surface area contributed by atoms with Crippen molar-refractivity contribution in [1.29, 1.82) is 0 Å². The van der Waals surface area contributed by atoms with Crippen LogP contribution >= 0.6 is 11.6 Å². The molecule has 0 saturated heterocycles. The van der Waals surface area contributed by atoms with E-state index in [-0.39, 0.29) is 22.9 Å². The Morgan fingerprint density at radius 2 is 1.79 bits per heavy atom. The van der Waals surface area contributed by atoms with E-state index >= 15 is 4.39 Å². The number of halogens is 2. The first-order chi connectivity index (χ1) is 13.9. The number of imide groups is 1. The van der Waals surface area contributed by atoms with Gasteiger partial charge in [0.15, 0.2) is 11.6 Å². The third-order valence-corrected chi connectivity index (χ3v) is 5.55. The zero-order valence-corrected chi connectivity index (χ0v) is 17.2. The molecule has 156 valence electrons. The average Bonchev–Trinajstić information content (AvgIpc) is 2.97. The van der Waals surface area contributed by atoms with Crippen molar-refractivity contribution in [2.24, 2.45) is 0 Å². The van der Waals surface area contributed by atoms with Gasteiger partial charge in [-0.05, 0) is 38.2 Å². The van der Waals surface area contributed by atoms with Crippen LogP contribution < -0.4 is 9.64 Å². The molecular weight excluding hydrogens is 401 g/mol. The van der Waals surface area contributed by atoms with Crippen LogP contribution in [0.5, 0.6) is 5.75 Å². The predicted octanol–water partition coefficient (Wildman–Crippen LogP) is 4.58. The van der Waals surface area contributed by atoms with Gasteiger partial charge in [-0.15, -0.1) is 0 Å². The fourth-order valence-corrected chi connectivity index (χ4v) is 3.93. The summed E-state index contributed by atoms with van der Waals surface area (Å²) < 4.78 is 25.3. The normalized spacial score (nSPS) is 16.3. The lowest BCUT2D eigenvalue weighted by molar-refractivity contribution is -0.120. The van der Waals surface area contributed by atoms with E-state index in [2.05, 4.69) is 0 Å². The Hall–Kier alpha value is -2.41. The van der Waals surface area contributed by atoms with Crippen molar-refractivity contribution < 1.29 is 28.2 Å². The molecule has 3 rings (SSSR count). The fraction of sp³-hybridized carbons (Fsp3) is 0.476. The van der Waals surface area contributed by atoms with Gasteiger partial charge in [-0.1, -0.05) is 31.4 Å². The molecule has 2 amide bonds. The molecule has 1 aliphatic heterocycles. The van der Waals surface area contributed by atoms with E-state index in [1.165, 1.54) is 7.11 Å². The van der Waals surface area contributed by atoms with Crippen molar-refractivity contribution in [3.63, 3.8) is 0 Å². The number of unbranched alkanes of at least 4 members (excludes halogenated alkanes) is 2. The predicted molar refractivity (Wildman–Crippen MR) is 106 cm³/mol. The topological polar surface area (TPSA) is 72.9 Å². The number of nitrogens with zero attached hydrogens (tertiary/aromatic N) is 1. The molecule has 2 aliphatic rings. The summed E-state index contributed by atoms with van der Waals surface area (Å²) in [5, 5.41) is -0.258. The highest BCUT2D eigenvalue weighted by atomic mass is 35.5. The lowest BCUT2D eigenvalue weighted by Gasteiger charge is -2.19. The number of ether oxygens (including phenoxy) is 2. The van der Waals surface area contributed by atoms with Gasteiger partial charge in [-0.3, -0.25) is 9.59 Å². The second-order valence-corrected chi connectivity index (χ2v) is 7.44. The Bertz CT molecular complexity index is 868. The number of methoxy groups -OCH3 is 1. The summed E-state index contributed by atoms with van der Waals surface area (Å²) in [6.07, 6.45) is 5.10. The van der Waals surface area contributed by atoms with Gasteiger partial charge in [0.05, 0.1) is 25.0 Å². The summed E-state index contributed by atoms with van der Waals surface area (Å²) in [5.74, 6) is -3.26. The van der Waals surface area contributed by atoms with Gasteiger partial charge in [0.1, 0.15) is 5.02 Å². The smallest absolute Gasteiger partial charge is 0.339 e. The quantitative estimate of drug-likeness (QED) is 0.364. The maximum absolute atomic E-state index is 15.1. The van der Waals surface area contributed by atoms with E-state index in [0.717, 1.165) is 36.6 Å². The molecular formula is C21H23ClFNO5. The van der Waals surface area contributed by atoms with E-state index in [0.29, 0.717) is 30.4 Å². The van der Waals surface area contributed by atoms with Gasteiger partial charge in [-0.2, -0.15) is 0 Å². The molecule has 6 nitrogen and oxygen atoms in total. The van der Waals surface area contributed by atoms with E-state index in [4.69, 9.17) is 21.1 Å². The number of esters is 1. The Morgan fingerprint density at radius 3 is 2.34 bits per heavy atom. The molecule has 0 fully saturated rings. The van der Waals surface area contributed by atoms with Crippen molar-refractivity contribution in [3.8, 4) is 5.75 Å². The molecule has 1 aliphatic carbocycles. The van der Waals surface area contributed by atoms with Crippen molar-refractivity contribution in [1.82, 2.24) is 0 Å². The fourth-order valence-electron chi connectivity index (χ4n) is 3.64. The van der Waals surface area contributed by atoms with Crippen LogP contribution in [-0.2, 0) is 14.3 Å². The van der Waals surface area contributed by atoms with Crippen LogP contribution in [-0.4, -0.2) is 31.5 Å². The highest BCUT2D eigenvalue weighted by Gasteiger charge is 2.42. The van der Waals surface area contributed by atoms with E-state index in [1.807, 2.05) is 6.92 Å². The molecule has 0 N–H and O–H groups in total. The summed E-state index contributed by atoms with van der Waals surface area (Å²) >= 11 is 6.16. The SMILES string of the molecule is CCCCCOC(=O)c1cc(N2C(=O)C3=C(CCCC3)C2=O)c(F)c(OC)c1Cl. The lowest BCUT2D eigenvalue weighted by atomic mass is 9.93. The number of hydrogen-bond acceptors (Lipinski definition) is 5. The van der Waals surface area contributed by atoms with E-state index < -0.39 is 29.4 Å². The number of carbonyl (C=O) groups is 3. The first-order valence-electron chi connectivity index (χ1n) is 9.76. The molecule has 0 unspecified atom stereocenters. The van der Waals surface area contributed by atoms with Gasteiger partial charge >= 0.3 is 5.97 Å². The van der Waals surface area contributed by atoms with Crippen molar-refractivity contribution in [2.75, 3.05) is 18.6 Å². The minimum absolute atomic E-state index is 0.151. The van der Waals surface area contributed by atoms with Crippen LogP contribution in [0.2, 0.25) is 5.02 Å². The van der Waals surface area contributed by atoms with Gasteiger partial charge in [0.25, 0.3) is 11.8 Å². The van der Waals surface area contributed by atoms with Crippen LogP contribution in [0.4, 0.5) is 10.1 Å². The number of amides is 2. The number of anilines is 1. The second kappa shape index (κ2) is 8.95. The van der Waals surface area contributed by atoms with Gasteiger partial charge < -0.3 is 9.47 Å². The molecule has 0 spiro atoms. The third kappa shape index (κ3) is 3.88. The molecule has 1 aromatic carbocycles. The van der Waals surface area contributed by atoms with Gasteiger partial charge in [0.2, 0.25) is 0 Å². The minimum Gasteiger partial charge on any atom is -0.492 e. The molecule has 0 saturated carbocycles. The van der Waals surface area contributed by atoms with Gasteiger partial charge in [0, 0.05) is 11.1 Å². The Morgan fingerprint density at radius 1 is 1.17 bits per heavy atom. The summed E-state index contributed by atoms with van der Waals surface area (Å²) in [6.45, 7) is 2.21. The standard InChI is InChI=1S/C21H23ClFNO5/c1-3-4-7-10-29-21(27)14-11-15(17(23)18(28-2)16(14)22)24-19(25)12-8-5-6-9-13(12)20(24)26/h11H,3-10H2,1-2H3. The largest absolute Gasteiger partial charge is 0.492 e. The zero-order chi connectivity index (χ0) is 21.1. The van der Waals surface area contributed by atoms with Crippen molar-refractivity contribution >= 4 is 35.1 Å². The maximum atomic E-state index is 15.1. The highest BCUT2D eigenvalue weighted by Crippen LogP contribution is 2.42. The molecule has 29 heavy (non-hydrogen) atoms. The van der Waals surface area contributed by atoms with Crippen LogP contribution in [0.15, 0.2) is 17.2 Å². The Balaban J connectivity index is 1.98. The molecule has 0 bridgehead atoms. The van der Waals surface area contributed by atoms with Gasteiger partial charge in [-0.25, -0.2) is 14.1 Å². The average molecular weight is 424 g/mol. The molecule has 0 aromatic heterocycles. The van der Waals surface area contributed by atoms with Crippen molar-refractivity contribution in [2.45, 2.75) is 51.9 Å². The highest BCUT2D eigenvalue weighted by molar-refractivity contribution is 6.36. The van der Waals surface area contributed by atoms with E-state index in [9.17, 15) is 14.4 Å². The van der Waals surface area contributed by atoms with Crippen LogP contribution in [0.25, 0.3) is 0 Å². The first kappa shape index (κ1) is 21.3. The summed E-state index contributed by atoms with van der Waals surface area (Å²) in [4.78, 5) is 38.9. The maximum Gasteiger partial charge on any atom is 0.339 e. The van der Waals surface area contributed by atoms with Crippen molar-refractivity contribution in [3.05, 3.63) is 33.6 Å². The molecule has 0 atom stereocenters. The lowest BCUT2D eigenvalue weighted by Crippen LogP contribution is -2.32. The third-order valence-electron chi connectivity index (χ3n) is 5.18. The molecule has 1 aromatic rings. The number of hydrogen-bond donors (Lipinski definition) is 0.